The van der Waals surface area contributed by atoms with Crippen molar-refractivity contribution in [3.05, 3.63) is 0 Å². The van der Waals surface area contributed by atoms with Gasteiger partial charge in [-0.05, 0) is 7.05 Å². The fourth-order valence-corrected chi connectivity index (χ4v) is 7.09. The molecule has 24 nitrogen and oxygen atoms in total. The number of aliphatic hydroxyl groups is 10. The Balaban J connectivity index is 1.60. The molecule has 0 bridgehead atoms. The summed E-state index contributed by atoms with van der Waals surface area (Å²) in [6.07, 6.45) is -25.6. The summed E-state index contributed by atoms with van der Waals surface area (Å²) < 4.78 is 40.7. The molecule has 24 heteroatoms. The predicted octanol–water partition coefficient (Wildman–Crippen LogP) is -9.09. The van der Waals surface area contributed by atoms with Crippen molar-refractivity contribution in [2.24, 2.45) is 0 Å². The van der Waals surface area contributed by atoms with Crippen molar-refractivity contribution < 1.29 is 98.6 Å². The molecular weight excluding hydrogens is 748 g/mol. The van der Waals surface area contributed by atoms with Crippen molar-refractivity contribution in [1.29, 1.82) is 0 Å². The smallest absolute Gasteiger partial charge is 0.217 e. The monoisotopic (exact) mass is 802 g/mol. The van der Waals surface area contributed by atoms with E-state index in [0.29, 0.717) is 0 Å². The van der Waals surface area contributed by atoms with Gasteiger partial charge in [-0.15, -0.1) is 0 Å². The number of rotatable bonds is 14. The zero-order valence-electron chi connectivity index (χ0n) is 30.4. The SMILES string of the molecule is CN[C@H]1[C@H](O[C@H]2C(O)[C@@H](NC(C)=O)[C@H](O[C@H]3[C@H](O)[C@@H](NC(C)=O)[C@H](O[C@H]4C(O)[C@@H](NC(C)=O)[C@H](O)O[C@@H]4CO)O[C@@H]3CO)O[C@@H]2CO)O[C@H](CO)[C@@H](O)[C@@H]1O. The molecule has 318 valence electrons. The number of amides is 3. The molecular formula is C31H54N4O20. The van der Waals surface area contributed by atoms with Gasteiger partial charge in [0.25, 0.3) is 0 Å². The molecule has 4 saturated heterocycles. The van der Waals surface area contributed by atoms with Crippen LogP contribution in [0, 0.1) is 0 Å². The molecule has 0 aromatic heterocycles. The molecule has 4 aliphatic heterocycles. The molecule has 14 N–H and O–H groups in total. The maximum absolute atomic E-state index is 12.4. The van der Waals surface area contributed by atoms with Gasteiger partial charge in [0.15, 0.2) is 25.2 Å². The molecule has 0 aliphatic carbocycles. The van der Waals surface area contributed by atoms with E-state index in [1.54, 1.807) is 0 Å². The zero-order valence-corrected chi connectivity index (χ0v) is 30.4. The number of hydrogen-bond donors (Lipinski definition) is 14. The Morgan fingerprint density at radius 2 is 0.800 bits per heavy atom. The van der Waals surface area contributed by atoms with E-state index >= 15 is 0 Å². The Hall–Kier alpha value is -2.31. The van der Waals surface area contributed by atoms with Crippen LogP contribution in [0.5, 0.6) is 0 Å². The number of nitrogens with one attached hydrogen (secondary N) is 4. The molecule has 0 aromatic rings. The number of carbonyl (C=O) groups is 3. The van der Waals surface area contributed by atoms with Gasteiger partial charge in [-0.25, -0.2) is 0 Å². The summed E-state index contributed by atoms with van der Waals surface area (Å²) in [7, 11) is 1.42. The van der Waals surface area contributed by atoms with Gasteiger partial charge >= 0.3 is 0 Å². The summed E-state index contributed by atoms with van der Waals surface area (Å²) in [6, 6.07) is -5.67. The second-order valence-electron chi connectivity index (χ2n) is 13.7. The average molecular weight is 803 g/mol. The summed E-state index contributed by atoms with van der Waals surface area (Å²) in [4.78, 5) is 36.4. The van der Waals surface area contributed by atoms with Crippen LogP contribution in [0.1, 0.15) is 20.8 Å². The largest absolute Gasteiger partial charge is 0.394 e. The second-order valence-corrected chi connectivity index (χ2v) is 13.7. The minimum absolute atomic E-state index is 0.652. The van der Waals surface area contributed by atoms with Gasteiger partial charge in [-0.3, -0.25) is 14.4 Å². The molecule has 4 rings (SSSR count). The molecule has 2 unspecified atom stereocenters. The third-order valence-corrected chi connectivity index (χ3v) is 9.78. The zero-order chi connectivity index (χ0) is 40.9. The van der Waals surface area contributed by atoms with Crippen LogP contribution in [0.15, 0.2) is 0 Å². The van der Waals surface area contributed by atoms with Crippen molar-refractivity contribution in [3.63, 3.8) is 0 Å². The van der Waals surface area contributed by atoms with Crippen molar-refractivity contribution in [2.45, 2.75) is 143 Å². The van der Waals surface area contributed by atoms with Gasteiger partial charge in [0, 0.05) is 20.8 Å². The van der Waals surface area contributed by atoms with Crippen molar-refractivity contribution >= 4 is 17.7 Å². The number of aliphatic hydroxyl groups excluding tert-OH is 10. The third-order valence-electron chi connectivity index (χ3n) is 9.78. The van der Waals surface area contributed by atoms with E-state index in [0.717, 1.165) is 20.8 Å². The van der Waals surface area contributed by atoms with Crippen LogP contribution < -0.4 is 21.3 Å². The normalized spacial score (nSPS) is 45.1. The highest BCUT2D eigenvalue weighted by Crippen LogP contribution is 2.34. The lowest BCUT2D eigenvalue weighted by Crippen LogP contribution is -2.71. The van der Waals surface area contributed by atoms with Crippen molar-refractivity contribution in [1.82, 2.24) is 21.3 Å². The topological polar surface area (TPSA) is 366 Å². The van der Waals surface area contributed by atoms with Crippen LogP contribution in [0.3, 0.4) is 0 Å². The number of carbonyl (C=O) groups excluding carboxylic acids is 3. The Labute approximate surface area is 314 Å². The van der Waals surface area contributed by atoms with E-state index in [4.69, 9.17) is 33.2 Å². The van der Waals surface area contributed by atoms with Gasteiger partial charge < -0.3 is 105 Å². The maximum atomic E-state index is 12.4. The highest BCUT2D eigenvalue weighted by Gasteiger charge is 2.56. The predicted molar refractivity (Wildman–Crippen MR) is 176 cm³/mol. The quantitative estimate of drug-likeness (QED) is 0.0775. The molecule has 0 saturated carbocycles. The van der Waals surface area contributed by atoms with E-state index < -0.39 is 167 Å². The summed E-state index contributed by atoms with van der Waals surface area (Å²) in [5.41, 5.74) is 0. The molecule has 4 heterocycles. The lowest BCUT2D eigenvalue weighted by molar-refractivity contribution is -0.362. The summed E-state index contributed by atoms with van der Waals surface area (Å²) in [5, 5.41) is 116. The number of likely N-dealkylation sites (N-methyl/N-ethyl adjacent to an activating group) is 1. The summed E-state index contributed by atoms with van der Waals surface area (Å²) >= 11 is 0. The first kappa shape index (κ1) is 45.4. The average Bonchev–Trinajstić information content (AvgIpc) is 3.13. The second kappa shape index (κ2) is 19.9. The summed E-state index contributed by atoms with van der Waals surface area (Å²) in [6.45, 7) is 0.0441. The van der Waals surface area contributed by atoms with Crippen LogP contribution in [0.2, 0.25) is 0 Å². The third kappa shape index (κ3) is 10.2. The minimum atomic E-state index is -1.86. The number of hydrogen-bond acceptors (Lipinski definition) is 21. The molecule has 4 fully saturated rings. The fourth-order valence-electron chi connectivity index (χ4n) is 7.09. The molecule has 3 amide bonds. The Kier molecular flexibility index (Phi) is 16.4. The van der Waals surface area contributed by atoms with E-state index in [9.17, 15) is 65.4 Å². The Morgan fingerprint density at radius 1 is 0.473 bits per heavy atom. The first-order valence-corrected chi connectivity index (χ1v) is 17.6. The molecule has 0 aromatic carbocycles. The summed E-state index contributed by atoms with van der Waals surface area (Å²) in [5.74, 6) is -2.08. The Morgan fingerprint density at radius 3 is 1.16 bits per heavy atom. The van der Waals surface area contributed by atoms with Crippen LogP contribution in [-0.2, 0) is 47.5 Å². The minimum Gasteiger partial charge on any atom is -0.394 e. The van der Waals surface area contributed by atoms with Crippen LogP contribution in [0.4, 0.5) is 0 Å². The Bertz CT molecular complexity index is 1270. The van der Waals surface area contributed by atoms with Gasteiger partial charge in [0.1, 0.15) is 91.4 Å². The molecule has 4 aliphatic rings. The number of ether oxygens (including phenoxy) is 7. The van der Waals surface area contributed by atoms with Gasteiger partial charge in [0.05, 0.1) is 32.5 Å². The van der Waals surface area contributed by atoms with Gasteiger partial charge in [-0.1, -0.05) is 0 Å². The first-order chi connectivity index (χ1) is 26.0. The van der Waals surface area contributed by atoms with Crippen molar-refractivity contribution in [3.8, 4) is 0 Å². The van der Waals surface area contributed by atoms with E-state index in [1.807, 2.05) is 0 Å². The van der Waals surface area contributed by atoms with Crippen LogP contribution >= 0.6 is 0 Å². The van der Waals surface area contributed by atoms with Crippen molar-refractivity contribution in [2.75, 3.05) is 33.5 Å². The van der Waals surface area contributed by atoms with Gasteiger partial charge in [-0.2, -0.15) is 0 Å². The molecule has 0 spiro atoms. The van der Waals surface area contributed by atoms with E-state index in [-0.39, 0.29) is 0 Å². The highest BCUT2D eigenvalue weighted by atomic mass is 16.8. The fraction of sp³-hybridized carbons (Fsp3) is 0.903. The maximum Gasteiger partial charge on any atom is 0.217 e. The van der Waals surface area contributed by atoms with Gasteiger partial charge in [0.2, 0.25) is 17.7 Å². The lowest BCUT2D eigenvalue weighted by Gasteiger charge is -2.51. The highest BCUT2D eigenvalue weighted by molar-refractivity contribution is 5.74. The standard InChI is InChI=1S/C31H54N4O20/c1-9(40)33-16-22(45)25(13(6-37)49-28(16)48)54-30-19(35-11(3)42)24(47)27(15(8-39)52-30)55-31-18(34-10(2)41)23(46)26(14(7-38)51-31)53-29-17(32-4)21(44)20(43)12(5-36)50-29/h12-32,36-39,43-48H,5-8H2,1-4H3,(H,33,40)(H,34,41)(H,35,42)/t12-,13-,14-,15-,16-,17-,18-,19-,20-,21-,22?,23?,24-,25-,26-,27-,28-,29+,30+,31+/m1/s1. The van der Waals surface area contributed by atoms with E-state index in [2.05, 4.69) is 21.3 Å². The molecule has 55 heavy (non-hydrogen) atoms. The van der Waals surface area contributed by atoms with Crippen LogP contribution in [-0.4, -0.2) is 225 Å². The molecule has 0 radical (unpaired) electrons. The lowest BCUT2D eigenvalue weighted by atomic mass is 9.93. The van der Waals surface area contributed by atoms with E-state index in [1.165, 1.54) is 7.05 Å². The molecule has 20 atom stereocenters. The van der Waals surface area contributed by atoms with Crippen LogP contribution in [0.25, 0.3) is 0 Å². The first-order valence-electron chi connectivity index (χ1n) is 17.6.